The lowest BCUT2D eigenvalue weighted by molar-refractivity contribution is -0.107. The molecule has 6 nitrogen and oxygen atoms in total. The number of hydrogen-bond donors (Lipinski definition) is 6. The lowest BCUT2D eigenvalue weighted by atomic mass is 9.90. The van der Waals surface area contributed by atoms with Crippen molar-refractivity contribution in [3.05, 3.63) is 60.7 Å². The first kappa shape index (κ1) is 23.1. The van der Waals surface area contributed by atoms with Crippen LogP contribution in [-0.4, -0.2) is 43.8 Å². The van der Waals surface area contributed by atoms with Crippen LogP contribution in [0.25, 0.3) is 0 Å². The van der Waals surface area contributed by atoms with Crippen LogP contribution in [0.2, 0.25) is 0 Å². The first-order valence-corrected chi connectivity index (χ1v) is 7.79. The highest BCUT2D eigenvalue weighted by atomic mass is 16.5. The third-order valence-electron chi connectivity index (χ3n) is 3.33. The number of nitrogens with one attached hydrogen (secondary N) is 1. The van der Waals surface area contributed by atoms with E-state index in [1.807, 2.05) is 60.7 Å². The minimum Gasteiger partial charge on any atom is -0.402 e. The predicted octanol–water partition coefficient (Wildman–Crippen LogP) is 1.91. The number of para-hydroxylation sites is 2. The van der Waals surface area contributed by atoms with Gasteiger partial charge in [0.1, 0.15) is 0 Å². The molecule has 0 amide bonds. The van der Waals surface area contributed by atoms with E-state index in [9.17, 15) is 0 Å². The van der Waals surface area contributed by atoms with Crippen molar-refractivity contribution in [2.24, 2.45) is 0 Å². The molecule has 0 saturated heterocycles. The van der Waals surface area contributed by atoms with Gasteiger partial charge in [-0.25, -0.2) is 0 Å². The molecule has 0 fully saturated rings. The molecule has 0 aliphatic carbocycles. The lowest BCUT2D eigenvalue weighted by Gasteiger charge is -2.31. The van der Waals surface area contributed by atoms with Crippen LogP contribution in [0.15, 0.2) is 60.7 Å². The van der Waals surface area contributed by atoms with Crippen molar-refractivity contribution in [2.75, 3.05) is 5.32 Å². The van der Waals surface area contributed by atoms with Gasteiger partial charge in [0.05, 0.1) is 11.2 Å². The standard InChI is InChI=1S/C12H11N.C6H14O2.BH3O3/c1-3-7-11(8-4-1)13-12-9-5-2-6-10-12;1-5(2,7)6(3,4)8;2-1(3)4/h1-10,13H;7-8H,1-4H3;2-4H. The average molecular weight is 349 g/mol. The van der Waals surface area contributed by atoms with Gasteiger partial charge in [0, 0.05) is 11.4 Å². The van der Waals surface area contributed by atoms with E-state index in [0.29, 0.717) is 0 Å². The smallest absolute Gasteiger partial charge is 0.402 e. The molecule has 2 rings (SSSR count). The van der Waals surface area contributed by atoms with Gasteiger partial charge in [0.2, 0.25) is 0 Å². The molecular weight excluding hydrogens is 321 g/mol. The van der Waals surface area contributed by atoms with Crippen LogP contribution in [0, 0.1) is 0 Å². The number of rotatable bonds is 3. The summed E-state index contributed by atoms with van der Waals surface area (Å²) in [7, 11) is -2.17. The van der Waals surface area contributed by atoms with Gasteiger partial charge in [-0.3, -0.25) is 0 Å². The number of anilines is 2. The number of hydrogen-bond acceptors (Lipinski definition) is 6. The van der Waals surface area contributed by atoms with Crippen molar-refractivity contribution in [2.45, 2.75) is 38.9 Å². The zero-order valence-electron chi connectivity index (χ0n) is 15.1. The van der Waals surface area contributed by atoms with E-state index in [4.69, 9.17) is 25.3 Å². The Hall–Kier alpha value is -1.90. The molecule has 0 aliphatic rings. The highest BCUT2D eigenvalue weighted by molar-refractivity contribution is 6.30. The maximum absolute atomic E-state index is 9.10. The van der Waals surface area contributed by atoms with Gasteiger partial charge in [0.15, 0.2) is 0 Å². The van der Waals surface area contributed by atoms with Crippen LogP contribution in [0.5, 0.6) is 0 Å². The normalized spacial score (nSPS) is 10.6. The number of benzene rings is 2. The summed E-state index contributed by atoms with van der Waals surface area (Å²) in [5.74, 6) is 0. The second-order valence-electron chi connectivity index (χ2n) is 6.32. The van der Waals surface area contributed by atoms with E-state index in [1.54, 1.807) is 27.7 Å². The molecule has 0 unspecified atom stereocenters. The van der Waals surface area contributed by atoms with Crippen molar-refractivity contribution >= 4 is 18.7 Å². The molecule has 0 aromatic heterocycles. The Labute approximate surface area is 149 Å². The molecule has 0 spiro atoms. The summed E-state index contributed by atoms with van der Waals surface area (Å²) in [6.45, 7) is 6.31. The van der Waals surface area contributed by atoms with Gasteiger partial charge in [-0.1, -0.05) is 36.4 Å². The largest absolute Gasteiger partial charge is 0.631 e. The van der Waals surface area contributed by atoms with Crippen molar-refractivity contribution in [3.63, 3.8) is 0 Å². The zero-order chi connectivity index (χ0) is 19.5. The molecule has 2 aromatic rings. The fraction of sp³-hybridized carbons (Fsp3) is 0.333. The summed E-state index contributed by atoms with van der Waals surface area (Å²) in [6, 6.07) is 20.3. The van der Waals surface area contributed by atoms with E-state index in [0.717, 1.165) is 11.4 Å². The summed E-state index contributed by atoms with van der Waals surface area (Å²) in [5.41, 5.74) is 0.224. The van der Waals surface area contributed by atoms with Crippen LogP contribution in [-0.2, 0) is 0 Å². The summed E-state index contributed by atoms with van der Waals surface area (Å²) in [5, 5.41) is 43.0. The van der Waals surface area contributed by atoms with Crippen molar-refractivity contribution < 1.29 is 25.3 Å². The van der Waals surface area contributed by atoms with Crippen LogP contribution in [0.4, 0.5) is 11.4 Å². The summed E-state index contributed by atoms with van der Waals surface area (Å²) in [6.07, 6.45) is 0. The van der Waals surface area contributed by atoms with Gasteiger partial charge >= 0.3 is 7.32 Å². The van der Waals surface area contributed by atoms with E-state index >= 15 is 0 Å². The predicted molar refractivity (Wildman–Crippen MR) is 101 cm³/mol. The molecule has 0 heterocycles. The van der Waals surface area contributed by atoms with E-state index in [-0.39, 0.29) is 0 Å². The van der Waals surface area contributed by atoms with Crippen molar-refractivity contribution in [1.82, 2.24) is 0 Å². The average Bonchev–Trinajstić information content (AvgIpc) is 2.47. The molecule has 0 radical (unpaired) electrons. The Bertz CT molecular complexity index is 513. The fourth-order valence-corrected chi connectivity index (χ4v) is 1.21. The monoisotopic (exact) mass is 349 g/mol. The molecule has 25 heavy (non-hydrogen) atoms. The van der Waals surface area contributed by atoms with Crippen LogP contribution >= 0.6 is 0 Å². The van der Waals surface area contributed by atoms with E-state index < -0.39 is 18.5 Å². The quantitative estimate of drug-likeness (QED) is 0.472. The van der Waals surface area contributed by atoms with Gasteiger partial charge in [-0.15, -0.1) is 0 Å². The van der Waals surface area contributed by atoms with E-state index in [1.165, 1.54) is 0 Å². The van der Waals surface area contributed by atoms with Gasteiger partial charge in [-0.2, -0.15) is 0 Å². The molecule has 6 N–H and O–H groups in total. The molecule has 0 atom stereocenters. The second-order valence-corrected chi connectivity index (χ2v) is 6.32. The molecule has 2 aromatic carbocycles. The first-order chi connectivity index (χ1) is 11.4. The van der Waals surface area contributed by atoms with Gasteiger partial charge < -0.3 is 30.6 Å². The molecular formula is C18H28BNO5. The summed E-state index contributed by atoms with van der Waals surface area (Å²) >= 11 is 0. The third kappa shape index (κ3) is 12.2. The second kappa shape index (κ2) is 10.9. The Morgan fingerprint density at radius 1 is 0.640 bits per heavy atom. The SMILES string of the molecule is CC(C)(O)C(C)(C)O.OB(O)O.c1ccc(Nc2ccccc2)cc1. The topological polar surface area (TPSA) is 113 Å². The minimum absolute atomic E-state index is 1.01. The molecule has 138 valence electrons. The lowest BCUT2D eigenvalue weighted by Crippen LogP contribution is -2.44. The van der Waals surface area contributed by atoms with Gasteiger partial charge in [-0.05, 0) is 52.0 Å². The molecule has 7 heteroatoms. The maximum Gasteiger partial charge on any atom is 0.631 e. The molecule has 0 aliphatic heterocycles. The van der Waals surface area contributed by atoms with E-state index in [2.05, 4.69) is 5.32 Å². The number of aliphatic hydroxyl groups is 2. The van der Waals surface area contributed by atoms with Crippen LogP contribution in [0.3, 0.4) is 0 Å². The zero-order valence-corrected chi connectivity index (χ0v) is 15.1. The molecule has 0 bridgehead atoms. The van der Waals surface area contributed by atoms with Crippen LogP contribution < -0.4 is 5.32 Å². The molecule has 0 saturated carbocycles. The summed E-state index contributed by atoms with van der Waals surface area (Å²) < 4.78 is 0. The van der Waals surface area contributed by atoms with Crippen molar-refractivity contribution in [3.8, 4) is 0 Å². The van der Waals surface area contributed by atoms with Crippen LogP contribution in [0.1, 0.15) is 27.7 Å². The highest BCUT2D eigenvalue weighted by Gasteiger charge is 2.31. The third-order valence-corrected chi connectivity index (χ3v) is 3.33. The Balaban J connectivity index is 0.000000413. The fourth-order valence-electron chi connectivity index (χ4n) is 1.21. The maximum atomic E-state index is 9.10. The Kier molecular flexibility index (Phi) is 10.0. The highest BCUT2D eigenvalue weighted by Crippen LogP contribution is 2.19. The summed E-state index contributed by atoms with van der Waals surface area (Å²) in [4.78, 5) is 0. The Morgan fingerprint density at radius 2 is 0.880 bits per heavy atom. The Morgan fingerprint density at radius 3 is 1.08 bits per heavy atom. The first-order valence-electron chi connectivity index (χ1n) is 7.79. The van der Waals surface area contributed by atoms with Crippen molar-refractivity contribution in [1.29, 1.82) is 0 Å². The van der Waals surface area contributed by atoms with Gasteiger partial charge in [0.25, 0.3) is 0 Å². The minimum atomic E-state index is -2.17.